The molecule has 0 amide bonds. The van der Waals surface area contributed by atoms with Gasteiger partial charge in [-0.1, -0.05) is 148 Å². The lowest BCUT2D eigenvalue weighted by atomic mass is 10.1. The van der Waals surface area contributed by atoms with Crippen LogP contribution in [0.5, 0.6) is 11.5 Å². The highest BCUT2D eigenvalue weighted by atomic mass is 16.5. The number of carbonyl (C=O) groups excluding carboxylic acids is 2. The number of hydrogen-bond donors (Lipinski definition) is 0. The summed E-state index contributed by atoms with van der Waals surface area (Å²) in [6, 6.07) is 22.5. The lowest BCUT2D eigenvalue weighted by Gasteiger charge is -2.05. The minimum atomic E-state index is -0.172. The maximum Gasteiger partial charge on any atom is 0.311 e. The van der Waals surface area contributed by atoms with Crippen molar-refractivity contribution in [2.75, 3.05) is 0 Å². The smallest absolute Gasteiger partial charge is 0.311 e. The fourth-order valence-corrected chi connectivity index (χ4v) is 6.43. The average Bonchev–Trinajstić information content (AvgIpc) is 3.18. The van der Waals surface area contributed by atoms with Crippen LogP contribution in [0.4, 0.5) is 11.4 Å². The third-order valence-corrected chi connectivity index (χ3v) is 9.75. The Morgan fingerprint density at radius 1 is 0.444 bits per heavy atom. The Balaban J connectivity index is 1.29. The molecule has 6 heteroatoms. The van der Waals surface area contributed by atoms with E-state index < -0.39 is 0 Å². The van der Waals surface area contributed by atoms with Crippen LogP contribution < -0.4 is 9.47 Å². The van der Waals surface area contributed by atoms with Crippen LogP contribution in [-0.4, -0.2) is 24.4 Å². The summed E-state index contributed by atoms with van der Waals surface area (Å²) in [4.78, 5) is 33.9. The zero-order chi connectivity index (χ0) is 38.3. The highest BCUT2D eigenvalue weighted by Crippen LogP contribution is 2.22. The molecule has 0 spiro atoms. The molecule has 0 bridgehead atoms. The van der Waals surface area contributed by atoms with Gasteiger partial charge in [0.2, 0.25) is 0 Å². The number of aliphatic imine (C=N–C) groups is 2. The lowest BCUT2D eigenvalue weighted by molar-refractivity contribution is -0.135. The predicted octanol–water partition coefficient (Wildman–Crippen LogP) is 14.4. The van der Waals surface area contributed by atoms with E-state index >= 15 is 0 Å². The van der Waals surface area contributed by atoms with Crippen molar-refractivity contribution >= 4 is 35.7 Å². The van der Waals surface area contributed by atoms with Gasteiger partial charge in [-0.2, -0.15) is 0 Å². The van der Waals surface area contributed by atoms with Gasteiger partial charge in [0.05, 0.1) is 11.4 Å². The molecule has 0 N–H and O–H groups in total. The van der Waals surface area contributed by atoms with Crippen molar-refractivity contribution in [3.8, 4) is 11.5 Å². The number of nitrogens with zero attached hydrogens (tertiary/aromatic N) is 2. The molecule has 3 aromatic carbocycles. The van der Waals surface area contributed by atoms with Crippen LogP contribution in [-0.2, 0) is 9.59 Å². The summed E-state index contributed by atoms with van der Waals surface area (Å²) in [6.45, 7) is 4.51. The molecule has 0 aliphatic carbocycles. The van der Waals surface area contributed by atoms with Crippen LogP contribution in [0, 0.1) is 0 Å². The van der Waals surface area contributed by atoms with Gasteiger partial charge < -0.3 is 9.47 Å². The maximum absolute atomic E-state index is 12.3. The monoisotopic (exact) mass is 737 g/mol. The molecule has 0 saturated heterocycles. The molecule has 54 heavy (non-hydrogen) atoms. The van der Waals surface area contributed by atoms with Gasteiger partial charge in [-0.15, -0.1) is 0 Å². The van der Waals surface area contributed by atoms with Gasteiger partial charge >= 0.3 is 11.9 Å². The van der Waals surface area contributed by atoms with E-state index in [1.807, 2.05) is 72.8 Å². The molecule has 0 atom stereocenters. The Hall–Kier alpha value is -4.06. The van der Waals surface area contributed by atoms with E-state index in [1.165, 1.54) is 116 Å². The molecule has 0 saturated carbocycles. The zero-order valence-corrected chi connectivity index (χ0v) is 33.6. The van der Waals surface area contributed by atoms with Crippen LogP contribution in [0.25, 0.3) is 0 Å². The van der Waals surface area contributed by atoms with Crippen molar-refractivity contribution in [2.45, 2.75) is 168 Å². The van der Waals surface area contributed by atoms with Crippen LogP contribution in [0.15, 0.2) is 82.8 Å². The Morgan fingerprint density at radius 3 is 1.09 bits per heavy atom. The van der Waals surface area contributed by atoms with E-state index in [1.54, 1.807) is 12.4 Å². The molecule has 0 fully saturated rings. The summed E-state index contributed by atoms with van der Waals surface area (Å²) in [6.07, 6.45) is 32.2. The second kappa shape index (κ2) is 29.3. The molecule has 0 aromatic heterocycles. The Bertz CT molecular complexity index is 1370. The maximum atomic E-state index is 12.3. The van der Waals surface area contributed by atoms with Gasteiger partial charge in [0.1, 0.15) is 11.5 Å². The number of benzene rings is 3. The molecule has 0 radical (unpaired) electrons. The summed E-state index contributed by atoms with van der Waals surface area (Å²) >= 11 is 0. The van der Waals surface area contributed by atoms with Crippen LogP contribution in [0.2, 0.25) is 0 Å². The summed E-state index contributed by atoms with van der Waals surface area (Å²) < 4.78 is 11.1. The molecule has 6 nitrogen and oxygen atoms in total. The highest BCUT2D eigenvalue weighted by Gasteiger charge is 2.06. The van der Waals surface area contributed by atoms with E-state index in [0.29, 0.717) is 24.3 Å². The fourth-order valence-electron chi connectivity index (χ4n) is 6.43. The van der Waals surface area contributed by atoms with Crippen molar-refractivity contribution in [1.29, 1.82) is 0 Å². The lowest BCUT2D eigenvalue weighted by Crippen LogP contribution is -2.07. The molecule has 0 aliphatic rings. The van der Waals surface area contributed by atoms with Crippen LogP contribution >= 0.6 is 0 Å². The topological polar surface area (TPSA) is 77.3 Å². The van der Waals surface area contributed by atoms with Gasteiger partial charge in [-0.25, -0.2) is 0 Å². The van der Waals surface area contributed by atoms with Gasteiger partial charge in [0.15, 0.2) is 0 Å². The van der Waals surface area contributed by atoms with Crippen molar-refractivity contribution in [3.05, 3.63) is 83.9 Å². The quantitative estimate of drug-likeness (QED) is 0.0295. The van der Waals surface area contributed by atoms with Gasteiger partial charge in [-0.3, -0.25) is 19.6 Å². The first-order valence-corrected chi connectivity index (χ1v) is 21.4. The highest BCUT2D eigenvalue weighted by molar-refractivity contribution is 5.84. The molecule has 0 aliphatic heterocycles. The van der Waals surface area contributed by atoms with Crippen molar-refractivity contribution in [2.24, 2.45) is 9.98 Å². The predicted molar refractivity (Wildman–Crippen MR) is 227 cm³/mol. The second-order valence-electron chi connectivity index (χ2n) is 14.7. The normalized spacial score (nSPS) is 11.4. The first-order valence-electron chi connectivity index (χ1n) is 21.4. The summed E-state index contributed by atoms with van der Waals surface area (Å²) in [7, 11) is 0. The third-order valence-electron chi connectivity index (χ3n) is 9.75. The van der Waals surface area contributed by atoms with E-state index in [-0.39, 0.29) is 11.9 Å². The third kappa shape index (κ3) is 21.6. The van der Waals surface area contributed by atoms with Gasteiger partial charge in [0.25, 0.3) is 0 Å². The number of hydrogen-bond acceptors (Lipinski definition) is 6. The first-order chi connectivity index (χ1) is 26.6. The van der Waals surface area contributed by atoms with Crippen molar-refractivity contribution < 1.29 is 19.1 Å². The first kappa shape index (κ1) is 44.3. The van der Waals surface area contributed by atoms with Crippen LogP contribution in [0.3, 0.4) is 0 Å². The Kier molecular flexibility index (Phi) is 24.1. The summed E-state index contributed by atoms with van der Waals surface area (Å²) in [5.41, 5.74) is 3.39. The largest absolute Gasteiger partial charge is 0.427 e. The zero-order valence-electron chi connectivity index (χ0n) is 33.6. The Morgan fingerprint density at radius 2 is 0.759 bits per heavy atom. The van der Waals surface area contributed by atoms with E-state index in [9.17, 15) is 9.59 Å². The van der Waals surface area contributed by atoms with E-state index in [4.69, 9.17) is 9.47 Å². The Labute approximate surface area is 327 Å². The molecular formula is C48H68N2O4. The number of rotatable bonds is 30. The number of esters is 2. The molecule has 294 valence electrons. The second-order valence-corrected chi connectivity index (χ2v) is 14.7. The molecular weight excluding hydrogens is 669 g/mol. The SMILES string of the molecule is CCCCCCCCCCCCCC(=O)Oc1ccc(C=Nc2cccc(N=Cc3ccc(OC(=O)CCCCCCCCCCCCC)cc3)c2)cc1. The van der Waals surface area contributed by atoms with Crippen molar-refractivity contribution in [1.82, 2.24) is 0 Å². The minimum absolute atomic E-state index is 0.172. The molecule has 3 rings (SSSR count). The van der Waals surface area contributed by atoms with E-state index in [0.717, 1.165) is 48.2 Å². The minimum Gasteiger partial charge on any atom is -0.427 e. The number of ether oxygens (including phenoxy) is 2. The van der Waals surface area contributed by atoms with Gasteiger partial charge in [0, 0.05) is 25.3 Å². The summed E-state index contributed by atoms with van der Waals surface area (Å²) in [5, 5.41) is 0. The summed E-state index contributed by atoms with van der Waals surface area (Å²) in [5.74, 6) is 0.771. The van der Waals surface area contributed by atoms with Crippen molar-refractivity contribution in [3.63, 3.8) is 0 Å². The number of unbranched alkanes of at least 4 members (excludes halogenated alkanes) is 20. The fraction of sp³-hybridized carbons (Fsp3) is 0.542. The standard InChI is InChI=1S/C48H68N2O4/c1-3-5-7-9-11-13-15-17-19-21-23-28-47(51)53-45-34-30-41(31-35-45)39-49-43-26-25-27-44(38-43)50-40-42-32-36-46(37-33-42)54-48(52)29-24-22-20-18-16-14-12-10-8-6-4-2/h25-27,30-40H,3-24,28-29H2,1-2H3. The van der Waals surface area contributed by atoms with Gasteiger partial charge in [-0.05, 0) is 90.7 Å². The average molecular weight is 737 g/mol. The molecule has 3 aromatic rings. The molecule has 0 heterocycles. The number of carbonyl (C=O) groups is 2. The van der Waals surface area contributed by atoms with Crippen LogP contribution in [0.1, 0.15) is 179 Å². The molecule has 0 unspecified atom stereocenters. The van der Waals surface area contributed by atoms with E-state index in [2.05, 4.69) is 23.8 Å².